The summed E-state index contributed by atoms with van der Waals surface area (Å²) in [5.74, 6) is 1.65. The maximum atomic E-state index is 5.89. The minimum absolute atomic E-state index is 0.0447. The summed E-state index contributed by atoms with van der Waals surface area (Å²) < 4.78 is 11.6. The van der Waals surface area contributed by atoms with Crippen molar-refractivity contribution in [1.29, 1.82) is 0 Å². The van der Waals surface area contributed by atoms with Crippen molar-refractivity contribution in [3.05, 3.63) is 53.9 Å². The van der Waals surface area contributed by atoms with E-state index in [1.165, 1.54) is 5.56 Å². The topological polar surface area (TPSA) is 43.4 Å². The Morgan fingerprint density at radius 1 is 1.20 bits per heavy atom. The van der Waals surface area contributed by atoms with E-state index < -0.39 is 0 Å². The Kier molecular flexibility index (Phi) is 3.83. The van der Waals surface area contributed by atoms with Gasteiger partial charge >= 0.3 is 0 Å². The van der Waals surface area contributed by atoms with Gasteiger partial charge in [-0.3, -0.25) is 4.98 Å². The van der Waals surface area contributed by atoms with Gasteiger partial charge in [0.1, 0.15) is 12.7 Å². The van der Waals surface area contributed by atoms with E-state index in [4.69, 9.17) is 9.47 Å². The number of rotatable bonds is 4. The van der Waals surface area contributed by atoms with Gasteiger partial charge in [0.15, 0.2) is 11.5 Å². The number of hydrogen-bond donors (Lipinski definition) is 1. The molecule has 1 aromatic carbocycles. The van der Waals surface area contributed by atoms with Crippen LogP contribution in [0.15, 0.2) is 42.6 Å². The highest BCUT2D eigenvalue weighted by atomic mass is 16.6. The molecule has 0 aliphatic carbocycles. The first-order valence-corrected chi connectivity index (χ1v) is 6.82. The van der Waals surface area contributed by atoms with Crippen molar-refractivity contribution in [3.8, 4) is 11.5 Å². The van der Waals surface area contributed by atoms with Crippen LogP contribution < -0.4 is 14.8 Å². The van der Waals surface area contributed by atoms with Crippen LogP contribution in [0.3, 0.4) is 0 Å². The Balaban J connectivity index is 1.49. The van der Waals surface area contributed by atoms with Crippen LogP contribution in [0.1, 0.15) is 11.3 Å². The Hall–Kier alpha value is -2.07. The van der Waals surface area contributed by atoms with Crippen LogP contribution in [0.5, 0.6) is 11.5 Å². The SMILES string of the molecule is Cc1ccc(CNCC2COc3ccccc3O2)cn1. The van der Waals surface area contributed by atoms with Gasteiger partial charge in [-0.15, -0.1) is 0 Å². The quantitative estimate of drug-likeness (QED) is 0.926. The molecular weight excluding hydrogens is 252 g/mol. The number of fused-ring (bicyclic) bond motifs is 1. The van der Waals surface area contributed by atoms with Crippen LogP contribution in [-0.4, -0.2) is 24.2 Å². The zero-order valence-electron chi connectivity index (χ0n) is 11.5. The van der Waals surface area contributed by atoms with Gasteiger partial charge < -0.3 is 14.8 Å². The van der Waals surface area contributed by atoms with E-state index in [0.717, 1.165) is 30.3 Å². The van der Waals surface area contributed by atoms with Crippen molar-refractivity contribution in [2.45, 2.75) is 19.6 Å². The largest absolute Gasteiger partial charge is 0.486 e. The molecule has 1 aliphatic heterocycles. The molecule has 2 aromatic rings. The molecule has 0 fully saturated rings. The zero-order chi connectivity index (χ0) is 13.8. The van der Waals surface area contributed by atoms with Crippen molar-refractivity contribution in [2.24, 2.45) is 0 Å². The second-order valence-electron chi connectivity index (χ2n) is 4.94. The average Bonchev–Trinajstić information content (AvgIpc) is 2.49. The number of hydrogen-bond acceptors (Lipinski definition) is 4. The van der Waals surface area contributed by atoms with Gasteiger partial charge in [0.2, 0.25) is 0 Å². The molecule has 4 heteroatoms. The second kappa shape index (κ2) is 5.92. The fraction of sp³-hybridized carbons (Fsp3) is 0.312. The minimum atomic E-state index is 0.0447. The summed E-state index contributed by atoms with van der Waals surface area (Å²) in [5, 5.41) is 3.38. The number of nitrogens with one attached hydrogen (secondary N) is 1. The van der Waals surface area contributed by atoms with E-state index in [-0.39, 0.29) is 6.10 Å². The zero-order valence-corrected chi connectivity index (χ0v) is 11.5. The molecule has 0 amide bonds. The molecule has 1 atom stereocenters. The summed E-state index contributed by atoms with van der Waals surface area (Å²) in [6, 6.07) is 11.9. The summed E-state index contributed by atoms with van der Waals surface area (Å²) in [4.78, 5) is 4.28. The third-order valence-corrected chi connectivity index (χ3v) is 3.24. The van der Waals surface area contributed by atoms with Gasteiger partial charge in [-0.05, 0) is 30.7 Å². The van der Waals surface area contributed by atoms with E-state index in [1.54, 1.807) is 0 Å². The van der Waals surface area contributed by atoms with Gasteiger partial charge in [-0.1, -0.05) is 18.2 Å². The van der Waals surface area contributed by atoms with E-state index in [1.807, 2.05) is 43.5 Å². The Morgan fingerprint density at radius 3 is 2.85 bits per heavy atom. The first-order valence-electron chi connectivity index (χ1n) is 6.82. The van der Waals surface area contributed by atoms with Gasteiger partial charge in [0, 0.05) is 25.0 Å². The number of benzene rings is 1. The summed E-state index contributed by atoms with van der Waals surface area (Å²) in [6.45, 7) is 4.11. The van der Waals surface area contributed by atoms with Crippen molar-refractivity contribution < 1.29 is 9.47 Å². The fourth-order valence-corrected chi connectivity index (χ4v) is 2.14. The Bertz CT molecular complexity index is 569. The lowest BCUT2D eigenvalue weighted by atomic mass is 10.2. The molecule has 1 aliphatic rings. The molecule has 0 spiro atoms. The molecule has 0 radical (unpaired) electrons. The standard InChI is InChI=1S/C16H18N2O2/c1-12-6-7-13(9-18-12)8-17-10-14-11-19-15-4-2-3-5-16(15)20-14/h2-7,9,14,17H,8,10-11H2,1H3. The summed E-state index contributed by atoms with van der Waals surface area (Å²) >= 11 is 0. The molecule has 2 heterocycles. The molecule has 1 aromatic heterocycles. The molecule has 0 saturated carbocycles. The smallest absolute Gasteiger partial charge is 0.161 e. The molecular formula is C16H18N2O2. The number of ether oxygens (including phenoxy) is 2. The van der Waals surface area contributed by atoms with Gasteiger partial charge in [0.25, 0.3) is 0 Å². The highest BCUT2D eigenvalue weighted by Crippen LogP contribution is 2.30. The number of pyridine rings is 1. The van der Waals surface area contributed by atoms with Crippen molar-refractivity contribution in [2.75, 3.05) is 13.2 Å². The van der Waals surface area contributed by atoms with E-state index >= 15 is 0 Å². The third kappa shape index (κ3) is 3.08. The number of aromatic nitrogens is 1. The van der Waals surface area contributed by atoms with Crippen molar-refractivity contribution >= 4 is 0 Å². The monoisotopic (exact) mass is 270 g/mol. The van der Waals surface area contributed by atoms with Crippen LogP contribution in [0.2, 0.25) is 0 Å². The van der Waals surface area contributed by atoms with Crippen molar-refractivity contribution in [1.82, 2.24) is 10.3 Å². The minimum Gasteiger partial charge on any atom is -0.486 e. The van der Waals surface area contributed by atoms with Crippen LogP contribution in [-0.2, 0) is 6.54 Å². The lowest BCUT2D eigenvalue weighted by molar-refractivity contribution is 0.0902. The Morgan fingerprint density at radius 2 is 2.05 bits per heavy atom. The van der Waals surface area contributed by atoms with Crippen LogP contribution in [0.4, 0.5) is 0 Å². The first-order chi connectivity index (χ1) is 9.81. The first kappa shape index (κ1) is 12.9. The summed E-state index contributed by atoms with van der Waals surface area (Å²) in [6.07, 6.45) is 1.94. The molecule has 0 saturated heterocycles. The molecule has 4 nitrogen and oxygen atoms in total. The van der Waals surface area contributed by atoms with Gasteiger partial charge in [-0.25, -0.2) is 0 Å². The summed E-state index contributed by atoms with van der Waals surface area (Å²) in [5.41, 5.74) is 2.21. The van der Waals surface area contributed by atoms with E-state index in [0.29, 0.717) is 6.61 Å². The maximum Gasteiger partial charge on any atom is 0.161 e. The average molecular weight is 270 g/mol. The lowest BCUT2D eigenvalue weighted by Gasteiger charge is -2.26. The molecule has 104 valence electrons. The van der Waals surface area contributed by atoms with Crippen LogP contribution in [0, 0.1) is 6.92 Å². The highest BCUT2D eigenvalue weighted by Gasteiger charge is 2.19. The molecule has 1 N–H and O–H groups in total. The molecule has 3 rings (SSSR count). The molecule has 0 bridgehead atoms. The van der Waals surface area contributed by atoms with Gasteiger partial charge in [0.05, 0.1) is 0 Å². The third-order valence-electron chi connectivity index (χ3n) is 3.24. The second-order valence-corrected chi connectivity index (χ2v) is 4.94. The molecule has 1 unspecified atom stereocenters. The van der Waals surface area contributed by atoms with Crippen LogP contribution in [0.25, 0.3) is 0 Å². The lowest BCUT2D eigenvalue weighted by Crippen LogP contribution is -2.38. The van der Waals surface area contributed by atoms with Crippen molar-refractivity contribution in [3.63, 3.8) is 0 Å². The van der Waals surface area contributed by atoms with Crippen LogP contribution >= 0.6 is 0 Å². The number of nitrogens with zero attached hydrogens (tertiary/aromatic N) is 1. The maximum absolute atomic E-state index is 5.89. The number of aryl methyl sites for hydroxylation is 1. The summed E-state index contributed by atoms with van der Waals surface area (Å²) in [7, 11) is 0. The predicted octanol–water partition coefficient (Wildman–Crippen LogP) is 2.32. The van der Waals surface area contributed by atoms with Gasteiger partial charge in [-0.2, -0.15) is 0 Å². The normalized spacial score (nSPS) is 16.9. The number of para-hydroxylation sites is 2. The highest BCUT2D eigenvalue weighted by molar-refractivity contribution is 5.40. The fourth-order valence-electron chi connectivity index (χ4n) is 2.14. The van der Waals surface area contributed by atoms with E-state index in [9.17, 15) is 0 Å². The Labute approximate surface area is 118 Å². The van der Waals surface area contributed by atoms with E-state index in [2.05, 4.69) is 16.4 Å². The predicted molar refractivity (Wildman–Crippen MR) is 77.0 cm³/mol. The molecule has 20 heavy (non-hydrogen) atoms.